The molecular formula is C22H23ClN4O4S. The molecule has 6 rings (SSSR count). The molecule has 3 fully saturated rings. The molecule has 3 aliphatic carbocycles. The SMILES string of the molecule is Cc1ccc(S(=O)(=O)n2ccc3c(NC4C5CCC(CC5)C4C(=O)O)nc(Cl)nc32)cc1. The van der Waals surface area contributed by atoms with Crippen molar-refractivity contribution in [1.29, 1.82) is 0 Å². The first kappa shape index (κ1) is 21.2. The zero-order chi connectivity index (χ0) is 22.6. The van der Waals surface area contributed by atoms with Gasteiger partial charge in [-0.15, -0.1) is 0 Å². The molecule has 2 aromatic heterocycles. The summed E-state index contributed by atoms with van der Waals surface area (Å²) in [6.07, 6.45) is 5.21. The minimum absolute atomic E-state index is 0.105. The first-order chi connectivity index (χ1) is 15.3. The Morgan fingerprint density at radius 2 is 1.75 bits per heavy atom. The number of aliphatic carboxylic acids is 1. The van der Waals surface area contributed by atoms with E-state index in [-0.39, 0.29) is 33.7 Å². The summed E-state index contributed by atoms with van der Waals surface area (Å²) in [4.78, 5) is 20.6. The molecule has 2 unspecified atom stereocenters. The van der Waals surface area contributed by atoms with Crippen LogP contribution in [0.25, 0.3) is 11.0 Å². The fraction of sp³-hybridized carbons (Fsp3) is 0.409. The Bertz CT molecular complexity index is 1300. The predicted molar refractivity (Wildman–Crippen MR) is 120 cm³/mol. The van der Waals surface area contributed by atoms with Crippen molar-refractivity contribution in [3.05, 3.63) is 47.4 Å². The van der Waals surface area contributed by atoms with E-state index < -0.39 is 21.9 Å². The molecule has 3 saturated carbocycles. The summed E-state index contributed by atoms with van der Waals surface area (Å²) in [7, 11) is -3.89. The zero-order valence-corrected chi connectivity index (χ0v) is 19.0. The normalized spacial score (nSPS) is 25.2. The summed E-state index contributed by atoms with van der Waals surface area (Å²) in [5.41, 5.74) is 1.11. The van der Waals surface area contributed by atoms with Crippen LogP contribution in [0.2, 0.25) is 5.28 Å². The van der Waals surface area contributed by atoms with Crippen LogP contribution in [0.5, 0.6) is 0 Å². The summed E-state index contributed by atoms with van der Waals surface area (Å²) in [6.45, 7) is 1.88. The molecule has 3 aliphatic rings. The van der Waals surface area contributed by atoms with Crippen LogP contribution in [0.1, 0.15) is 31.2 Å². The van der Waals surface area contributed by atoms with Crippen molar-refractivity contribution in [1.82, 2.24) is 13.9 Å². The van der Waals surface area contributed by atoms with E-state index in [1.165, 1.54) is 6.20 Å². The molecule has 2 atom stereocenters. The number of aryl methyl sites for hydroxylation is 1. The van der Waals surface area contributed by atoms with Crippen LogP contribution < -0.4 is 5.32 Å². The molecule has 1 aromatic carbocycles. The number of halogens is 1. The third-order valence-corrected chi connectivity index (χ3v) is 8.72. The van der Waals surface area contributed by atoms with Crippen molar-refractivity contribution in [3.8, 4) is 0 Å². The van der Waals surface area contributed by atoms with Gasteiger partial charge in [0, 0.05) is 12.2 Å². The highest BCUT2D eigenvalue weighted by molar-refractivity contribution is 7.90. The maximum absolute atomic E-state index is 13.2. The van der Waals surface area contributed by atoms with E-state index in [2.05, 4.69) is 15.3 Å². The second kappa shape index (κ2) is 7.74. The van der Waals surface area contributed by atoms with Gasteiger partial charge in [-0.25, -0.2) is 17.4 Å². The Hall–Kier alpha value is -2.65. The van der Waals surface area contributed by atoms with E-state index >= 15 is 0 Å². The average molecular weight is 475 g/mol. The number of benzene rings is 1. The van der Waals surface area contributed by atoms with Crippen LogP contribution in [0.4, 0.5) is 5.82 Å². The predicted octanol–water partition coefficient (Wildman–Crippen LogP) is 3.93. The standard InChI is InChI=1S/C22H23ClN4O4S/c1-12-2-8-15(9-3-12)32(30,31)27-11-10-16-19(25-22(23)26-20(16)27)24-18-14-6-4-13(5-7-14)17(18)21(28)29/h2-3,8-11,13-14,17-18H,4-7H2,1H3,(H,28,29)(H,24,25,26). The third kappa shape index (κ3) is 3.44. The summed E-state index contributed by atoms with van der Waals surface area (Å²) in [5, 5.41) is 13.5. The number of carboxylic acid groups (broad SMARTS) is 1. The molecule has 2 bridgehead atoms. The smallest absolute Gasteiger partial charge is 0.308 e. The first-order valence-electron chi connectivity index (χ1n) is 10.6. The molecule has 10 heteroatoms. The van der Waals surface area contributed by atoms with Gasteiger partial charge in [0.2, 0.25) is 5.28 Å². The maximum atomic E-state index is 13.2. The number of aromatic nitrogens is 3. The molecule has 0 saturated heterocycles. The summed E-state index contributed by atoms with van der Waals surface area (Å²) < 4.78 is 27.6. The van der Waals surface area contributed by atoms with Gasteiger partial charge in [-0.05, 0) is 74.2 Å². The van der Waals surface area contributed by atoms with E-state index in [9.17, 15) is 18.3 Å². The van der Waals surface area contributed by atoms with Gasteiger partial charge in [0.05, 0.1) is 16.2 Å². The lowest BCUT2D eigenvalue weighted by Gasteiger charge is -2.47. The summed E-state index contributed by atoms with van der Waals surface area (Å²) in [6, 6.07) is 7.90. The second-order valence-corrected chi connectivity index (χ2v) is 10.9. The second-order valence-electron chi connectivity index (χ2n) is 8.72. The minimum atomic E-state index is -3.89. The molecule has 2 N–H and O–H groups in total. The monoisotopic (exact) mass is 474 g/mol. The van der Waals surface area contributed by atoms with E-state index in [1.807, 2.05) is 6.92 Å². The molecule has 0 spiro atoms. The number of fused-ring (bicyclic) bond motifs is 4. The van der Waals surface area contributed by atoms with Crippen LogP contribution >= 0.6 is 11.6 Å². The highest BCUT2D eigenvalue weighted by atomic mass is 35.5. The van der Waals surface area contributed by atoms with Crippen molar-refractivity contribution in [3.63, 3.8) is 0 Å². The molecule has 3 aromatic rings. The highest BCUT2D eigenvalue weighted by Gasteiger charge is 2.47. The number of anilines is 1. The average Bonchev–Trinajstić information content (AvgIpc) is 3.19. The van der Waals surface area contributed by atoms with Gasteiger partial charge in [-0.3, -0.25) is 4.79 Å². The topological polar surface area (TPSA) is 114 Å². The van der Waals surface area contributed by atoms with Crippen molar-refractivity contribution >= 4 is 44.4 Å². The molecule has 0 radical (unpaired) electrons. The summed E-state index contributed by atoms with van der Waals surface area (Å²) >= 11 is 6.18. The largest absolute Gasteiger partial charge is 0.481 e. The van der Waals surface area contributed by atoms with E-state index in [4.69, 9.17) is 11.6 Å². The van der Waals surface area contributed by atoms with Crippen molar-refractivity contribution in [2.24, 2.45) is 17.8 Å². The summed E-state index contributed by atoms with van der Waals surface area (Å²) in [5.74, 6) is -0.600. The Morgan fingerprint density at radius 1 is 1.09 bits per heavy atom. The Balaban J connectivity index is 1.57. The number of carboxylic acids is 1. The lowest BCUT2D eigenvalue weighted by atomic mass is 9.61. The van der Waals surface area contributed by atoms with Gasteiger partial charge in [-0.2, -0.15) is 4.98 Å². The number of rotatable bonds is 5. The number of hydrogen-bond acceptors (Lipinski definition) is 6. The molecular weight excluding hydrogens is 452 g/mol. The van der Waals surface area contributed by atoms with Gasteiger partial charge in [0.1, 0.15) is 5.82 Å². The molecule has 32 heavy (non-hydrogen) atoms. The maximum Gasteiger partial charge on any atom is 0.308 e. The zero-order valence-electron chi connectivity index (χ0n) is 17.4. The van der Waals surface area contributed by atoms with Crippen LogP contribution in [0.15, 0.2) is 41.4 Å². The van der Waals surface area contributed by atoms with Crippen molar-refractivity contribution in [2.45, 2.75) is 43.5 Å². The lowest BCUT2D eigenvalue weighted by molar-refractivity contribution is -0.148. The lowest BCUT2D eigenvalue weighted by Crippen LogP contribution is -2.51. The van der Waals surface area contributed by atoms with Crippen LogP contribution in [-0.4, -0.2) is 39.5 Å². The third-order valence-electron chi connectivity index (χ3n) is 6.87. The number of nitrogens with one attached hydrogen (secondary N) is 1. The van der Waals surface area contributed by atoms with Crippen LogP contribution in [0.3, 0.4) is 0 Å². The van der Waals surface area contributed by atoms with Gasteiger partial charge >= 0.3 is 5.97 Å². The highest BCUT2D eigenvalue weighted by Crippen LogP contribution is 2.46. The molecule has 168 valence electrons. The van der Waals surface area contributed by atoms with Gasteiger partial charge in [0.15, 0.2) is 5.65 Å². The molecule has 2 heterocycles. The van der Waals surface area contributed by atoms with Crippen LogP contribution in [0, 0.1) is 24.7 Å². The Kier molecular flexibility index (Phi) is 5.13. The minimum Gasteiger partial charge on any atom is -0.481 e. The molecule has 0 aliphatic heterocycles. The quantitative estimate of drug-likeness (QED) is 0.538. The van der Waals surface area contributed by atoms with E-state index in [1.54, 1.807) is 30.3 Å². The Morgan fingerprint density at radius 3 is 2.41 bits per heavy atom. The molecule has 8 nitrogen and oxygen atoms in total. The van der Waals surface area contributed by atoms with Crippen molar-refractivity contribution in [2.75, 3.05) is 5.32 Å². The number of hydrogen-bond donors (Lipinski definition) is 2. The molecule has 0 amide bonds. The van der Waals surface area contributed by atoms with Crippen molar-refractivity contribution < 1.29 is 18.3 Å². The van der Waals surface area contributed by atoms with Crippen LogP contribution in [-0.2, 0) is 14.8 Å². The van der Waals surface area contributed by atoms with Gasteiger partial charge in [-0.1, -0.05) is 17.7 Å². The fourth-order valence-electron chi connectivity index (χ4n) is 5.26. The van der Waals surface area contributed by atoms with E-state index in [0.29, 0.717) is 11.2 Å². The fourth-order valence-corrected chi connectivity index (χ4v) is 6.72. The Labute approximate surface area is 190 Å². The first-order valence-corrected chi connectivity index (χ1v) is 12.4. The van der Waals surface area contributed by atoms with Gasteiger partial charge < -0.3 is 10.4 Å². The van der Waals surface area contributed by atoms with Gasteiger partial charge in [0.25, 0.3) is 10.0 Å². The number of carbonyl (C=O) groups is 1. The number of nitrogens with zero attached hydrogens (tertiary/aromatic N) is 3. The van der Waals surface area contributed by atoms with E-state index in [0.717, 1.165) is 35.2 Å².